The summed E-state index contributed by atoms with van der Waals surface area (Å²) in [5.41, 5.74) is 0. The summed E-state index contributed by atoms with van der Waals surface area (Å²) < 4.78 is 0. The SMILES string of the molecule is C=CCC.[K]. The van der Waals surface area contributed by atoms with E-state index in [0.29, 0.717) is 0 Å². The zero-order chi connectivity index (χ0) is 3.41. The fourth-order valence-electron chi connectivity index (χ4n) is 0. The molecule has 0 unspecified atom stereocenters. The van der Waals surface area contributed by atoms with Crippen molar-refractivity contribution in [1.29, 1.82) is 0 Å². The van der Waals surface area contributed by atoms with Gasteiger partial charge in [-0.05, 0) is 6.42 Å². The van der Waals surface area contributed by atoms with Crippen LogP contribution in [0.5, 0.6) is 0 Å². The first-order valence-electron chi connectivity index (χ1n) is 1.52. The average Bonchev–Trinajstić information content (AvgIpc) is 1.37. The summed E-state index contributed by atoms with van der Waals surface area (Å²) in [5.74, 6) is 0. The molecule has 25 valence electrons. The first-order chi connectivity index (χ1) is 1.91. The van der Waals surface area contributed by atoms with Gasteiger partial charge in [-0.1, -0.05) is 13.0 Å². The van der Waals surface area contributed by atoms with Crippen molar-refractivity contribution in [2.45, 2.75) is 13.3 Å². The summed E-state index contributed by atoms with van der Waals surface area (Å²) >= 11 is 0. The van der Waals surface area contributed by atoms with Crippen molar-refractivity contribution in [3.63, 3.8) is 0 Å². The Morgan fingerprint density at radius 1 is 1.80 bits per heavy atom. The van der Waals surface area contributed by atoms with Gasteiger partial charge in [-0.2, -0.15) is 0 Å². The van der Waals surface area contributed by atoms with E-state index in [1.54, 1.807) is 0 Å². The fraction of sp³-hybridized carbons (Fsp3) is 0.500. The largest absolute Gasteiger partial charge is 0.103 e. The zero-order valence-electron chi connectivity index (χ0n) is 3.99. The third-order valence-electron chi connectivity index (χ3n) is 0.289. The Balaban J connectivity index is 0. The van der Waals surface area contributed by atoms with Crippen molar-refractivity contribution >= 4 is 51.4 Å². The van der Waals surface area contributed by atoms with Crippen LogP contribution in [0.15, 0.2) is 12.7 Å². The molecule has 0 heterocycles. The van der Waals surface area contributed by atoms with Crippen LogP contribution in [0.2, 0.25) is 0 Å². The summed E-state index contributed by atoms with van der Waals surface area (Å²) in [5, 5.41) is 0. The van der Waals surface area contributed by atoms with Crippen LogP contribution in [0.25, 0.3) is 0 Å². The van der Waals surface area contributed by atoms with E-state index in [1.807, 2.05) is 6.08 Å². The van der Waals surface area contributed by atoms with E-state index >= 15 is 0 Å². The van der Waals surface area contributed by atoms with Crippen molar-refractivity contribution in [2.75, 3.05) is 0 Å². The molecule has 0 N–H and O–H groups in total. The molecule has 0 aromatic rings. The van der Waals surface area contributed by atoms with Crippen molar-refractivity contribution in [1.82, 2.24) is 0 Å². The van der Waals surface area contributed by atoms with E-state index in [4.69, 9.17) is 0 Å². The van der Waals surface area contributed by atoms with E-state index in [2.05, 4.69) is 13.5 Å². The molecule has 0 rings (SSSR count). The maximum atomic E-state index is 3.48. The van der Waals surface area contributed by atoms with Crippen LogP contribution in [0.4, 0.5) is 0 Å². The predicted molar refractivity (Wildman–Crippen MR) is 26.2 cm³/mol. The average molecular weight is 95.2 g/mol. The van der Waals surface area contributed by atoms with Gasteiger partial charge in [0, 0.05) is 51.4 Å². The number of rotatable bonds is 1. The Morgan fingerprint density at radius 3 is 2.00 bits per heavy atom. The van der Waals surface area contributed by atoms with Crippen LogP contribution in [0, 0.1) is 0 Å². The van der Waals surface area contributed by atoms with E-state index in [0.717, 1.165) is 6.42 Å². The van der Waals surface area contributed by atoms with Gasteiger partial charge in [-0.15, -0.1) is 6.58 Å². The van der Waals surface area contributed by atoms with Gasteiger partial charge in [0.15, 0.2) is 0 Å². The van der Waals surface area contributed by atoms with Gasteiger partial charge in [0.05, 0.1) is 0 Å². The second-order valence-electron chi connectivity index (χ2n) is 0.697. The summed E-state index contributed by atoms with van der Waals surface area (Å²) in [6, 6.07) is 0. The summed E-state index contributed by atoms with van der Waals surface area (Å²) in [6.07, 6.45) is 2.96. The maximum absolute atomic E-state index is 3.48. The third-order valence-corrected chi connectivity index (χ3v) is 0.289. The molecule has 0 nitrogen and oxygen atoms in total. The summed E-state index contributed by atoms with van der Waals surface area (Å²) in [7, 11) is 0. The Kier molecular flexibility index (Phi) is 17.4. The van der Waals surface area contributed by atoms with Crippen LogP contribution >= 0.6 is 0 Å². The molecule has 0 saturated carbocycles. The van der Waals surface area contributed by atoms with Gasteiger partial charge in [-0.3, -0.25) is 0 Å². The Labute approximate surface area is 76.1 Å². The monoisotopic (exact) mass is 95.0 g/mol. The smallest absolute Gasteiger partial charge is 0 e. The van der Waals surface area contributed by atoms with E-state index < -0.39 is 0 Å². The molecule has 5 heavy (non-hydrogen) atoms. The molecule has 0 amide bonds. The molecule has 0 atom stereocenters. The van der Waals surface area contributed by atoms with Crippen molar-refractivity contribution in [2.24, 2.45) is 0 Å². The van der Waals surface area contributed by atoms with Crippen LogP contribution < -0.4 is 0 Å². The molecule has 0 aliphatic heterocycles. The fourth-order valence-corrected chi connectivity index (χ4v) is 0. The molecule has 0 bridgehead atoms. The minimum atomic E-state index is 0. The van der Waals surface area contributed by atoms with Crippen molar-refractivity contribution in [3.05, 3.63) is 12.7 Å². The molecule has 0 aromatic heterocycles. The van der Waals surface area contributed by atoms with Crippen molar-refractivity contribution < 1.29 is 0 Å². The third kappa shape index (κ3) is 10.9. The molecule has 1 heteroatoms. The van der Waals surface area contributed by atoms with Gasteiger partial charge in [0.1, 0.15) is 0 Å². The summed E-state index contributed by atoms with van der Waals surface area (Å²) in [6.45, 7) is 5.54. The van der Waals surface area contributed by atoms with Gasteiger partial charge in [0.25, 0.3) is 0 Å². The van der Waals surface area contributed by atoms with E-state index in [1.165, 1.54) is 0 Å². The van der Waals surface area contributed by atoms with Crippen LogP contribution in [0.1, 0.15) is 13.3 Å². The normalized spacial score (nSPS) is 5.00. The molecule has 0 aromatic carbocycles. The molecule has 0 aliphatic rings. The molecular weight excluding hydrogens is 87.1 g/mol. The molecule has 1 radical (unpaired) electrons. The number of allylic oxidation sites excluding steroid dienone is 1. The molecule has 0 spiro atoms. The van der Waals surface area contributed by atoms with Gasteiger partial charge >= 0.3 is 0 Å². The maximum Gasteiger partial charge on any atom is 0 e. The number of hydrogen-bond acceptors (Lipinski definition) is 0. The zero-order valence-corrected chi connectivity index (χ0v) is 7.11. The second kappa shape index (κ2) is 9.03. The van der Waals surface area contributed by atoms with Gasteiger partial charge < -0.3 is 0 Å². The van der Waals surface area contributed by atoms with Crippen LogP contribution in [0.3, 0.4) is 0 Å². The van der Waals surface area contributed by atoms with Crippen molar-refractivity contribution in [3.8, 4) is 0 Å². The van der Waals surface area contributed by atoms with E-state index in [-0.39, 0.29) is 51.4 Å². The standard InChI is InChI=1S/C4H8.K/c1-3-4-2;/h3H,1,4H2,2H3;. The molecule has 0 aliphatic carbocycles. The summed E-state index contributed by atoms with van der Waals surface area (Å²) in [4.78, 5) is 0. The Bertz CT molecular complexity index is 17.6. The minimum Gasteiger partial charge on any atom is -0.103 e. The minimum absolute atomic E-state index is 0. The Hall–Kier alpha value is 1.38. The van der Waals surface area contributed by atoms with Gasteiger partial charge in [-0.25, -0.2) is 0 Å². The predicted octanol–water partition coefficient (Wildman–Crippen LogP) is 1.20. The molecule has 0 saturated heterocycles. The van der Waals surface area contributed by atoms with Gasteiger partial charge in [0.2, 0.25) is 0 Å². The van der Waals surface area contributed by atoms with Crippen LogP contribution in [-0.4, -0.2) is 51.4 Å². The topological polar surface area (TPSA) is 0 Å². The van der Waals surface area contributed by atoms with E-state index in [9.17, 15) is 0 Å². The van der Waals surface area contributed by atoms with Crippen LogP contribution in [-0.2, 0) is 0 Å². The quantitative estimate of drug-likeness (QED) is 0.339. The Morgan fingerprint density at radius 2 is 2.00 bits per heavy atom. The second-order valence-corrected chi connectivity index (χ2v) is 0.697. The molecule has 0 fully saturated rings. The first-order valence-corrected chi connectivity index (χ1v) is 1.52. The molecular formula is C4H8K. The number of hydrogen-bond donors (Lipinski definition) is 0. The first kappa shape index (κ1) is 9.62.